The minimum Gasteiger partial charge on any atom is -0.361 e. The molecule has 0 spiro atoms. The van der Waals surface area contributed by atoms with E-state index in [9.17, 15) is 4.79 Å². The van der Waals surface area contributed by atoms with E-state index in [1.165, 1.54) is 19.3 Å². The van der Waals surface area contributed by atoms with E-state index in [1.54, 1.807) is 0 Å². The molecule has 100 valence electrons. The average Bonchev–Trinajstić information content (AvgIpc) is 2.69. The number of likely N-dealkylation sites (tertiary alicyclic amines) is 1. The molecule has 1 aliphatic heterocycles. The van der Waals surface area contributed by atoms with Crippen LogP contribution in [-0.4, -0.2) is 29.1 Å². The molecular weight excluding hydrogens is 228 g/mol. The Hall–Kier alpha value is -1.32. The molecule has 0 aliphatic carbocycles. The van der Waals surface area contributed by atoms with Crippen molar-refractivity contribution >= 4 is 5.91 Å². The Kier molecular flexibility index (Phi) is 4.39. The molecule has 2 heterocycles. The van der Waals surface area contributed by atoms with Crippen molar-refractivity contribution in [2.24, 2.45) is 0 Å². The molecule has 4 heteroatoms. The van der Waals surface area contributed by atoms with E-state index in [-0.39, 0.29) is 5.91 Å². The van der Waals surface area contributed by atoms with Crippen molar-refractivity contribution in [2.75, 3.05) is 13.1 Å². The van der Waals surface area contributed by atoms with Crippen LogP contribution in [0.4, 0.5) is 0 Å². The summed E-state index contributed by atoms with van der Waals surface area (Å²) in [4.78, 5) is 14.5. The highest BCUT2D eigenvalue weighted by Gasteiger charge is 2.24. The van der Waals surface area contributed by atoms with Crippen LogP contribution in [0, 0.1) is 6.92 Å². The Morgan fingerprint density at radius 3 is 2.44 bits per heavy atom. The van der Waals surface area contributed by atoms with Gasteiger partial charge in [-0.25, -0.2) is 0 Å². The maximum Gasteiger partial charge on any atom is 0.259 e. The van der Waals surface area contributed by atoms with Crippen molar-refractivity contribution in [1.82, 2.24) is 10.1 Å². The summed E-state index contributed by atoms with van der Waals surface area (Å²) in [5, 5.41) is 3.97. The fourth-order valence-corrected chi connectivity index (χ4v) is 2.54. The van der Waals surface area contributed by atoms with Gasteiger partial charge in [0.15, 0.2) is 0 Å². The molecule has 0 unspecified atom stereocenters. The highest BCUT2D eigenvalue weighted by Crippen LogP contribution is 2.19. The predicted octanol–water partition coefficient (Wildman–Crippen LogP) is 2.95. The topological polar surface area (TPSA) is 46.3 Å². The number of carbonyl (C=O) groups excluding carboxylic acids is 1. The van der Waals surface area contributed by atoms with E-state index < -0.39 is 0 Å². The summed E-state index contributed by atoms with van der Waals surface area (Å²) in [5.41, 5.74) is 1.48. The average molecular weight is 250 g/mol. The fraction of sp³-hybridized carbons (Fsp3) is 0.714. The Labute approximate surface area is 108 Å². The molecule has 18 heavy (non-hydrogen) atoms. The minimum absolute atomic E-state index is 0.104. The summed E-state index contributed by atoms with van der Waals surface area (Å²) in [6, 6.07) is 0. The molecule has 4 nitrogen and oxygen atoms in total. The molecule has 1 aliphatic rings. The zero-order chi connectivity index (χ0) is 13.0. The molecule has 0 aromatic carbocycles. The summed E-state index contributed by atoms with van der Waals surface area (Å²) in [7, 11) is 0. The summed E-state index contributed by atoms with van der Waals surface area (Å²) in [5.74, 6) is 0.756. The third-order valence-electron chi connectivity index (χ3n) is 3.63. The molecular formula is C14H22N2O2. The van der Waals surface area contributed by atoms with Crippen molar-refractivity contribution < 1.29 is 9.32 Å². The Bertz CT molecular complexity index is 404. The molecule has 0 saturated carbocycles. The second-order valence-electron chi connectivity index (χ2n) is 4.97. The summed E-state index contributed by atoms with van der Waals surface area (Å²) >= 11 is 0. The van der Waals surface area contributed by atoms with Gasteiger partial charge in [0.05, 0.1) is 5.69 Å². The number of hydrogen-bond donors (Lipinski definition) is 0. The fourth-order valence-electron chi connectivity index (χ4n) is 2.54. The van der Waals surface area contributed by atoms with Crippen LogP contribution < -0.4 is 0 Å². The molecule has 1 amide bonds. The lowest BCUT2D eigenvalue weighted by molar-refractivity contribution is 0.0739. The molecule has 1 aromatic heterocycles. The van der Waals surface area contributed by atoms with E-state index in [0.29, 0.717) is 11.3 Å². The van der Waals surface area contributed by atoms with Crippen LogP contribution in [0.2, 0.25) is 0 Å². The number of carbonyl (C=O) groups is 1. The van der Waals surface area contributed by atoms with Crippen LogP contribution in [-0.2, 0) is 6.42 Å². The van der Waals surface area contributed by atoms with Gasteiger partial charge < -0.3 is 9.42 Å². The van der Waals surface area contributed by atoms with Crippen molar-refractivity contribution in [3.63, 3.8) is 0 Å². The Morgan fingerprint density at radius 2 is 1.83 bits per heavy atom. The summed E-state index contributed by atoms with van der Waals surface area (Å²) in [6.45, 7) is 5.56. The number of aryl methyl sites for hydroxylation is 2. The zero-order valence-corrected chi connectivity index (χ0v) is 11.4. The van der Waals surface area contributed by atoms with E-state index >= 15 is 0 Å². The largest absolute Gasteiger partial charge is 0.361 e. The third kappa shape index (κ3) is 2.74. The smallest absolute Gasteiger partial charge is 0.259 e. The first-order valence-electron chi connectivity index (χ1n) is 6.98. The van der Waals surface area contributed by atoms with Gasteiger partial charge in [0, 0.05) is 13.1 Å². The molecule has 1 aromatic rings. The van der Waals surface area contributed by atoms with E-state index in [0.717, 1.165) is 38.0 Å². The van der Waals surface area contributed by atoms with Gasteiger partial charge in [-0.15, -0.1) is 0 Å². The highest BCUT2D eigenvalue weighted by atomic mass is 16.5. The van der Waals surface area contributed by atoms with Crippen LogP contribution in [0.1, 0.15) is 60.8 Å². The first-order valence-corrected chi connectivity index (χ1v) is 6.98. The molecule has 0 N–H and O–H groups in total. The van der Waals surface area contributed by atoms with Gasteiger partial charge in [-0.1, -0.05) is 31.3 Å². The number of nitrogens with zero attached hydrogens (tertiary/aromatic N) is 2. The van der Waals surface area contributed by atoms with Crippen LogP contribution in [0.5, 0.6) is 0 Å². The summed E-state index contributed by atoms with van der Waals surface area (Å²) < 4.78 is 5.16. The summed E-state index contributed by atoms with van der Waals surface area (Å²) in [6.07, 6.45) is 6.72. The second kappa shape index (κ2) is 6.03. The predicted molar refractivity (Wildman–Crippen MR) is 69.6 cm³/mol. The van der Waals surface area contributed by atoms with E-state index in [4.69, 9.17) is 4.52 Å². The normalized spacial score (nSPS) is 17.3. The highest BCUT2D eigenvalue weighted by molar-refractivity contribution is 5.96. The Balaban J connectivity index is 2.15. The second-order valence-corrected chi connectivity index (χ2v) is 4.97. The van der Waals surface area contributed by atoms with Gasteiger partial charge in [0.25, 0.3) is 5.91 Å². The van der Waals surface area contributed by atoms with E-state index in [1.807, 2.05) is 18.7 Å². The lowest BCUT2D eigenvalue weighted by Crippen LogP contribution is -2.34. The number of hydrogen-bond acceptors (Lipinski definition) is 3. The maximum atomic E-state index is 12.6. The van der Waals surface area contributed by atoms with Gasteiger partial charge >= 0.3 is 0 Å². The first-order chi connectivity index (χ1) is 8.74. The molecule has 0 radical (unpaired) electrons. The van der Waals surface area contributed by atoms with Crippen LogP contribution in [0.25, 0.3) is 0 Å². The molecule has 2 rings (SSSR count). The molecule has 0 atom stereocenters. The SMILES string of the molecule is CCc1noc(C)c1C(=O)N1CCCCCCC1. The van der Waals surface area contributed by atoms with Gasteiger partial charge in [-0.2, -0.15) is 0 Å². The van der Waals surface area contributed by atoms with Crippen molar-refractivity contribution in [3.05, 3.63) is 17.0 Å². The maximum absolute atomic E-state index is 12.6. The van der Waals surface area contributed by atoms with Crippen LogP contribution >= 0.6 is 0 Å². The van der Waals surface area contributed by atoms with Gasteiger partial charge in [0.2, 0.25) is 0 Å². The lowest BCUT2D eigenvalue weighted by Gasteiger charge is -2.24. The quantitative estimate of drug-likeness (QED) is 0.810. The lowest BCUT2D eigenvalue weighted by atomic mass is 10.1. The molecule has 1 saturated heterocycles. The standard InChI is InChI=1S/C14H22N2O2/c1-3-12-13(11(2)18-15-12)14(17)16-9-7-5-4-6-8-10-16/h3-10H2,1-2H3. The molecule has 1 fully saturated rings. The first kappa shape index (κ1) is 13.1. The van der Waals surface area contributed by atoms with Gasteiger partial charge in [-0.3, -0.25) is 4.79 Å². The Morgan fingerprint density at radius 1 is 1.22 bits per heavy atom. The number of amides is 1. The van der Waals surface area contributed by atoms with E-state index in [2.05, 4.69) is 5.16 Å². The minimum atomic E-state index is 0.104. The van der Waals surface area contributed by atoms with Crippen LogP contribution in [0.15, 0.2) is 4.52 Å². The number of rotatable bonds is 2. The van der Waals surface area contributed by atoms with Crippen molar-refractivity contribution in [2.45, 2.75) is 52.4 Å². The van der Waals surface area contributed by atoms with Gasteiger partial charge in [0.1, 0.15) is 11.3 Å². The van der Waals surface area contributed by atoms with Gasteiger partial charge in [-0.05, 0) is 26.2 Å². The number of aromatic nitrogens is 1. The molecule has 0 bridgehead atoms. The monoisotopic (exact) mass is 250 g/mol. The third-order valence-corrected chi connectivity index (χ3v) is 3.63. The van der Waals surface area contributed by atoms with Crippen LogP contribution in [0.3, 0.4) is 0 Å². The van der Waals surface area contributed by atoms with Crippen molar-refractivity contribution in [3.8, 4) is 0 Å². The zero-order valence-electron chi connectivity index (χ0n) is 11.4. The van der Waals surface area contributed by atoms with Crippen molar-refractivity contribution in [1.29, 1.82) is 0 Å².